The number of carbonyl (C=O) groups is 1. The Balaban J connectivity index is 1.43. The molecule has 0 bridgehead atoms. The Labute approximate surface area is 247 Å². The van der Waals surface area contributed by atoms with Crippen molar-refractivity contribution in [2.45, 2.75) is 137 Å². The molecule has 5 rings (SSSR count). The third kappa shape index (κ3) is 4.50. The molecule has 0 amide bonds. The third-order valence-corrected chi connectivity index (χ3v) is 13.5. The molecule has 2 N–H and O–H groups in total. The molecule has 4 fully saturated rings. The predicted octanol–water partition coefficient (Wildman–Crippen LogP) is 5.66. The Morgan fingerprint density at radius 1 is 1.07 bits per heavy atom. The number of ether oxygens (including phenoxy) is 4. The van der Waals surface area contributed by atoms with Gasteiger partial charge in [0.05, 0.1) is 17.8 Å². The fourth-order valence-corrected chi connectivity index (χ4v) is 11.1. The second-order valence-corrected chi connectivity index (χ2v) is 16.0. The number of aliphatic hydroxyl groups excluding tert-OH is 2. The van der Waals surface area contributed by atoms with Crippen molar-refractivity contribution in [2.24, 2.45) is 45.3 Å². The van der Waals surface area contributed by atoms with Crippen LogP contribution in [0.4, 0.5) is 0 Å². The zero-order chi connectivity index (χ0) is 30.3. The lowest BCUT2D eigenvalue weighted by atomic mass is 9.37. The zero-order valence-electron chi connectivity index (χ0n) is 27.2. The number of fused-ring (bicyclic) bond motifs is 5. The molecule has 7 heteroatoms. The van der Waals surface area contributed by atoms with Gasteiger partial charge >= 0.3 is 5.97 Å². The highest BCUT2D eigenvalue weighted by atomic mass is 16.7. The van der Waals surface area contributed by atoms with Crippen molar-refractivity contribution in [1.82, 2.24) is 0 Å². The van der Waals surface area contributed by atoms with E-state index in [1.54, 1.807) is 14.2 Å². The van der Waals surface area contributed by atoms with Crippen molar-refractivity contribution >= 4 is 5.97 Å². The molecule has 0 unspecified atom stereocenters. The summed E-state index contributed by atoms with van der Waals surface area (Å²) in [4.78, 5) is 11.9. The van der Waals surface area contributed by atoms with Gasteiger partial charge < -0.3 is 29.2 Å². The maximum Gasteiger partial charge on any atom is 0.302 e. The summed E-state index contributed by atoms with van der Waals surface area (Å²) < 4.78 is 23.7. The molecule has 0 aromatic carbocycles. The van der Waals surface area contributed by atoms with Crippen molar-refractivity contribution in [3.63, 3.8) is 0 Å². The van der Waals surface area contributed by atoms with Crippen molar-refractivity contribution in [3.05, 3.63) is 11.6 Å². The molecular weight excluding hydrogens is 520 g/mol. The van der Waals surface area contributed by atoms with Gasteiger partial charge in [-0.3, -0.25) is 4.79 Å². The van der Waals surface area contributed by atoms with Crippen LogP contribution in [0.25, 0.3) is 0 Å². The third-order valence-electron chi connectivity index (χ3n) is 13.5. The van der Waals surface area contributed by atoms with Crippen LogP contribution in [0, 0.1) is 45.3 Å². The lowest BCUT2D eigenvalue weighted by Gasteiger charge is -2.68. The van der Waals surface area contributed by atoms with Crippen LogP contribution in [0.3, 0.4) is 0 Å². The van der Waals surface area contributed by atoms with E-state index in [-0.39, 0.29) is 58.0 Å². The average Bonchev–Trinajstić information content (AvgIpc) is 3.48. The fraction of sp³-hybridized carbons (Fsp3) is 0.912. The zero-order valence-corrected chi connectivity index (χ0v) is 27.2. The highest BCUT2D eigenvalue weighted by molar-refractivity contribution is 5.66. The van der Waals surface area contributed by atoms with Crippen LogP contribution in [-0.2, 0) is 23.7 Å². The smallest absolute Gasteiger partial charge is 0.302 e. The van der Waals surface area contributed by atoms with E-state index in [9.17, 15) is 15.0 Å². The molecular formula is C34H56O7. The first kappa shape index (κ1) is 31.4. The van der Waals surface area contributed by atoms with Gasteiger partial charge in [-0.2, -0.15) is 0 Å². The van der Waals surface area contributed by atoms with Crippen LogP contribution >= 0.6 is 0 Å². The quantitative estimate of drug-likeness (QED) is 0.311. The molecule has 0 aromatic rings. The van der Waals surface area contributed by atoms with E-state index in [1.165, 1.54) is 12.5 Å². The van der Waals surface area contributed by atoms with Crippen LogP contribution in [0.1, 0.15) is 100 Å². The van der Waals surface area contributed by atoms with Gasteiger partial charge in [0, 0.05) is 37.9 Å². The molecule has 0 aromatic heterocycles. The summed E-state index contributed by atoms with van der Waals surface area (Å²) in [6.45, 7) is 17.0. The standard InChI is InChI=1S/C34H56O7/c1-19(35)40-27-14-16-33(7)24-13-15-32(6)21(20-17-22(41-29(20)38-9)28(37)31(4,5)39-10)11-12-23(32)34(24,8)26(36)18-25(33)30(27,2)3/h12,20-22,24-29,36-37H,11,13-18H2,1-10H3/t20-,21-,22+,24+,25-,26+,27+,28-,29-,32-,33+,34-/m0/s1. The second kappa shape index (κ2) is 10.3. The Bertz CT molecular complexity index is 1050. The number of hydrogen-bond acceptors (Lipinski definition) is 7. The maximum atomic E-state index is 12.1. The lowest BCUT2D eigenvalue weighted by molar-refractivity contribution is -0.221. The number of aliphatic hydroxyl groups is 2. The Kier molecular flexibility index (Phi) is 7.89. The molecule has 1 aliphatic heterocycles. The fourth-order valence-electron chi connectivity index (χ4n) is 11.1. The van der Waals surface area contributed by atoms with E-state index in [0.717, 1.165) is 44.9 Å². The van der Waals surface area contributed by atoms with Crippen molar-refractivity contribution in [3.8, 4) is 0 Å². The number of allylic oxidation sites excluding steroid dienone is 1. The van der Waals surface area contributed by atoms with Gasteiger partial charge in [-0.15, -0.1) is 0 Å². The monoisotopic (exact) mass is 576 g/mol. The molecule has 3 saturated carbocycles. The predicted molar refractivity (Wildman–Crippen MR) is 157 cm³/mol. The topological polar surface area (TPSA) is 94.5 Å². The summed E-state index contributed by atoms with van der Waals surface area (Å²) in [7, 11) is 3.33. The van der Waals surface area contributed by atoms with E-state index >= 15 is 0 Å². The highest BCUT2D eigenvalue weighted by Crippen LogP contribution is 2.73. The number of esters is 1. The van der Waals surface area contributed by atoms with E-state index in [2.05, 4.69) is 40.7 Å². The first-order valence-electron chi connectivity index (χ1n) is 16.0. The Morgan fingerprint density at radius 3 is 2.37 bits per heavy atom. The number of rotatable bonds is 6. The molecule has 0 radical (unpaired) electrons. The summed E-state index contributed by atoms with van der Waals surface area (Å²) in [6, 6.07) is 0. The minimum atomic E-state index is -0.757. The van der Waals surface area contributed by atoms with Crippen LogP contribution in [-0.4, -0.2) is 66.7 Å². The number of hydrogen-bond donors (Lipinski definition) is 2. The molecule has 1 saturated heterocycles. The van der Waals surface area contributed by atoms with Gasteiger partial charge in [0.1, 0.15) is 12.2 Å². The summed E-state index contributed by atoms with van der Waals surface area (Å²) in [6.07, 6.45) is 6.79. The van der Waals surface area contributed by atoms with E-state index < -0.39 is 17.8 Å². The summed E-state index contributed by atoms with van der Waals surface area (Å²) in [5.74, 6) is 0.880. The molecule has 234 valence electrons. The first-order chi connectivity index (χ1) is 19.0. The normalized spacial score (nSPS) is 48.0. The maximum absolute atomic E-state index is 12.1. The number of methoxy groups -OCH3 is 2. The summed E-state index contributed by atoms with van der Waals surface area (Å²) >= 11 is 0. The minimum Gasteiger partial charge on any atom is -0.462 e. The molecule has 41 heavy (non-hydrogen) atoms. The Morgan fingerprint density at radius 2 is 1.76 bits per heavy atom. The van der Waals surface area contributed by atoms with Crippen LogP contribution < -0.4 is 0 Å². The largest absolute Gasteiger partial charge is 0.462 e. The van der Waals surface area contributed by atoms with Gasteiger partial charge in [-0.1, -0.05) is 46.3 Å². The van der Waals surface area contributed by atoms with Gasteiger partial charge in [0.2, 0.25) is 0 Å². The van der Waals surface area contributed by atoms with Gasteiger partial charge in [0.15, 0.2) is 6.29 Å². The second-order valence-electron chi connectivity index (χ2n) is 16.0. The summed E-state index contributed by atoms with van der Waals surface area (Å²) in [5.41, 5.74) is 0.188. The van der Waals surface area contributed by atoms with E-state index in [1.807, 2.05) is 13.8 Å². The highest BCUT2D eigenvalue weighted by Gasteiger charge is 2.69. The molecule has 12 atom stereocenters. The van der Waals surface area contributed by atoms with Gasteiger partial charge in [-0.05, 0) is 87.4 Å². The number of carbonyl (C=O) groups excluding carboxylic acids is 1. The van der Waals surface area contributed by atoms with Crippen LogP contribution in [0.15, 0.2) is 11.6 Å². The van der Waals surface area contributed by atoms with Gasteiger partial charge in [-0.25, -0.2) is 0 Å². The Hall–Kier alpha value is -0.990. The van der Waals surface area contributed by atoms with Crippen LogP contribution in [0.2, 0.25) is 0 Å². The molecule has 1 heterocycles. The molecule has 5 aliphatic rings. The lowest BCUT2D eigenvalue weighted by Crippen LogP contribution is -2.65. The van der Waals surface area contributed by atoms with Crippen molar-refractivity contribution in [1.29, 1.82) is 0 Å². The summed E-state index contributed by atoms with van der Waals surface area (Å²) in [5, 5.41) is 23.3. The minimum absolute atomic E-state index is 0.0564. The average molecular weight is 577 g/mol. The van der Waals surface area contributed by atoms with Crippen molar-refractivity contribution < 1.29 is 34.0 Å². The first-order valence-corrected chi connectivity index (χ1v) is 16.0. The van der Waals surface area contributed by atoms with Crippen molar-refractivity contribution in [2.75, 3.05) is 14.2 Å². The molecule has 7 nitrogen and oxygen atoms in total. The van der Waals surface area contributed by atoms with Gasteiger partial charge in [0.25, 0.3) is 0 Å². The SMILES string of the molecule is CO[C@H]1O[C@@H]([C@H](O)C(C)(C)OC)C[C@H]1[C@@H]1CC=C2[C@]3(C)[C@H](O)C[C@H]4C(C)(C)[C@H](OC(C)=O)CC[C@]4(C)[C@H]3CC[C@]21C. The molecule has 4 aliphatic carbocycles. The molecule has 0 spiro atoms. The van der Waals surface area contributed by atoms with E-state index in [4.69, 9.17) is 18.9 Å². The van der Waals surface area contributed by atoms with Crippen LogP contribution in [0.5, 0.6) is 0 Å². The van der Waals surface area contributed by atoms with E-state index in [0.29, 0.717) is 11.8 Å².